The highest BCUT2D eigenvalue weighted by atomic mass is 32.2. The van der Waals surface area contributed by atoms with E-state index in [4.69, 9.17) is 4.74 Å². The van der Waals surface area contributed by atoms with Crippen LogP contribution in [0.3, 0.4) is 0 Å². The summed E-state index contributed by atoms with van der Waals surface area (Å²) >= 11 is 1.57. The van der Waals surface area contributed by atoms with Crippen molar-refractivity contribution in [1.29, 1.82) is 0 Å². The zero-order valence-electron chi connectivity index (χ0n) is 10.4. The van der Waals surface area contributed by atoms with Gasteiger partial charge in [-0.2, -0.15) is 0 Å². The molecule has 5 heteroatoms. The number of thioether (sulfide) groups is 1. The van der Waals surface area contributed by atoms with Crippen LogP contribution in [0.2, 0.25) is 0 Å². The lowest BCUT2D eigenvalue weighted by atomic mass is 10.2. The van der Waals surface area contributed by atoms with Crippen LogP contribution in [0.4, 0.5) is 0 Å². The molecule has 0 radical (unpaired) electrons. The number of hydrogen-bond donors (Lipinski definition) is 0. The number of nitrogens with zero attached hydrogens (tertiary/aromatic N) is 3. The molecule has 17 heavy (non-hydrogen) atoms. The molecule has 1 fully saturated rings. The normalized spacial score (nSPS) is 20.9. The Balaban J connectivity index is 1.94. The summed E-state index contributed by atoms with van der Waals surface area (Å²) in [6.07, 6.45) is 8.35. The van der Waals surface area contributed by atoms with Crippen molar-refractivity contribution in [3.05, 3.63) is 18.0 Å². The van der Waals surface area contributed by atoms with Gasteiger partial charge in [0.2, 0.25) is 0 Å². The molecule has 4 nitrogen and oxygen atoms in total. The molecule has 0 saturated carbocycles. The van der Waals surface area contributed by atoms with Gasteiger partial charge in [0.1, 0.15) is 0 Å². The van der Waals surface area contributed by atoms with Gasteiger partial charge in [0.25, 0.3) is 0 Å². The van der Waals surface area contributed by atoms with Gasteiger partial charge in [0.05, 0.1) is 6.61 Å². The maximum absolute atomic E-state index is 5.25. The SMILES string of the molecule is COC[C@@H]1CCCN1Cc1cnc(SC)nc1. The van der Waals surface area contributed by atoms with E-state index in [0.717, 1.165) is 24.9 Å². The Labute approximate surface area is 107 Å². The summed E-state index contributed by atoms with van der Waals surface area (Å²) in [4.78, 5) is 11.1. The molecule has 1 aromatic heterocycles. The molecule has 1 aromatic rings. The van der Waals surface area contributed by atoms with Crippen molar-refractivity contribution < 1.29 is 4.74 Å². The predicted molar refractivity (Wildman–Crippen MR) is 69.1 cm³/mol. The highest BCUT2D eigenvalue weighted by molar-refractivity contribution is 7.98. The molecule has 1 atom stereocenters. The van der Waals surface area contributed by atoms with Gasteiger partial charge < -0.3 is 4.74 Å². The van der Waals surface area contributed by atoms with Crippen molar-refractivity contribution in [2.24, 2.45) is 0 Å². The first-order valence-electron chi connectivity index (χ1n) is 5.91. The second kappa shape index (κ2) is 6.33. The lowest BCUT2D eigenvalue weighted by molar-refractivity contribution is 0.111. The molecular weight excluding hydrogens is 234 g/mol. The lowest BCUT2D eigenvalue weighted by Gasteiger charge is -2.23. The lowest BCUT2D eigenvalue weighted by Crippen LogP contribution is -2.32. The summed E-state index contributed by atoms with van der Waals surface area (Å²) in [5.41, 5.74) is 1.19. The van der Waals surface area contributed by atoms with Crippen LogP contribution in [-0.2, 0) is 11.3 Å². The van der Waals surface area contributed by atoms with Gasteiger partial charge in [0, 0.05) is 37.7 Å². The van der Waals surface area contributed by atoms with Crippen molar-refractivity contribution in [2.75, 3.05) is 26.5 Å². The van der Waals surface area contributed by atoms with Gasteiger partial charge in [-0.25, -0.2) is 9.97 Å². The fourth-order valence-corrected chi connectivity index (χ4v) is 2.57. The highest BCUT2D eigenvalue weighted by Gasteiger charge is 2.24. The number of hydrogen-bond acceptors (Lipinski definition) is 5. The zero-order valence-corrected chi connectivity index (χ0v) is 11.2. The van der Waals surface area contributed by atoms with E-state index < -0.39 is 0 Å². The molecule has 0 unspecified atom stereocenters. The molecule has 0 spiro atoms. The van der Waals surface area contributed by atoms with Crippen molar-refractivity contribution in [3.8, 4) is 0 Å². The van der Waals surface area contributed by atoms with Crippen LogP contribution in [0.5, 0.6) is 0 Å². The smallest absolute Gasteiger partial charge is 0.187 e. The van der Waals surface area contributed by atoms with E-state index in [1.165, 1.54) is 18.4 Å². The van der Waals surface area contributed by atoms with Gasteiger partial charge in [-0.3, -0.25) is 4.90 Å². The average molecular weight is 253 g/mol. The highest BCUT2D eigenvalue weighted by Crippen LogP contribution is 2.20. The summed E-state index contributed by atoms with van der Waals surface area (Å²) in [6.45, 7) is 2.91. The number of aromatic nitrogens is 2. The molecule has 0 aromatic carbocycles. The van der Waals surface area contributed by atoms with Crippen molar-refractivity contribution in [3.63, 3.8) is 0 Å². The summed E-state index contributed by atoms with van der Waals surface area (Å²) in [6, 6.07) is 0.556. The molecule has 0 N–H and O–H groups in total. The minimum atomic E-state index is 0.556. The van der Waals surface area contributed by atoms with Crippen LogP contribution in [-0.4, -0.2) is 47.4 Å². The molecule has 2 rings (SSSR count). The van der Waals surface area contributed by atoms with Crippen LogP contribution in [0.25, 0.3) is 0 Å². The van der Waals surface area contributed by atoms with E-state index in [9.17, 15) is 0 Å². The van der Waals surface area contributed by atoms with E-state index in [1.807, 2.05) is 18.6 Å². The van der Waals surface area contributed by atoms with Crippen LogP contribution in [0, 0.1) is 0 Å². The zero-order chi connectivity index (χ0) is 12.1. The summed E-state index contributed by atoms with van der Waals surface area (Å²) in [5.74, 6) is 0. The van der Waals surface area contributed by atoms with Crippen LogP contribution < -0.4 is 0 Å². The van der Waals surface area contributed by atoms with E-state index in [1.54, 1.807) is 18.9 Å². The first-order chi connectivity index (χ1) is 8.33. The third-order valence-corrected chi connectivity index (χ3v) is 3.68. The molecule has 1 aliphatic heterocycles. The molecule has 0 bridgehead atoms. The maximum atomic E-state index is 5.25. The maximum Gasteiger partial charge on any atom is 0.187 e. The number of ether oxygens (including phenoxy) is 1. The number of likely N-dealkylation sites (tertiary alicyclic amines) is 1. The topological polar surface area (TPSA) is 38.2 Å². The van der Waals surface area contributed by atoms with Crippen LogP contribution in [0.15, 0.2) is 17.6 Å². The summed E-state index contributed by atoms with van der Waals surface area (Å²) < 4.78 is 5.25. The predicted octanol–water partition coefficient (Wildman–Crippen LogP) is 1.81. The Hall–Kier alpha value is -0.650. The van der Waals surface area contributed by atoms with Crippen molar-refractivity contribution >= 4 is 11.8 Å². The Kier molecular flexibility index (Phi) is 4.76. The Bertz CT molecular complexity index is 344. The molecule has 1 aliphatic rings. The third kappa shape index (κ3) is 3.40. The van der Waals surface area contributed by atoms with Crippen LogP contribution in [0.1, 0.15) is 18.4 Å². The number of rotatable bonds is 5. The summed E-state index contributed by atoms with van der Waals surface area (Å²) in [5, 5.41) is 0.837. The van der Waals surface area contributed by atoms with Gasteiger partial charge in [-0.15, -0.1) is 0 Å². The standard InChI is InChI=1S/C12H19N3OS/c1-16-9-11-4-3-5-15(11)8-10-6-13-12(17-2)14-7-10/h6-7,11H,3-5,8-9H2,1-2H3/t11-/m0/s1. The van der Waals surface area contributed by atoms with Crippen molar-refractivity contribution in [2.45, 2.75) is 30.6 Å². The Morgan fingerprint density at radius 1 is 1.47 bits per heavy atom. The molecule has 0 aliphatic carbocycles. The molecular formula is C12H19N3OS. The average Bonchev–Trinajstić information content (AvgIpc) is 2.78. The van der Waals surface area contributed by atoms with E-state index in [-0.39, 0.29) is 0 Å². The molecule has 0 amide bonds. The van der Waals surface area contributed by atoms with Gasteiger partial charge >= 0.3 is 0 Å². The number of methoxy groups -OCH3 is 1. The fourth-order valence-electron chi connectivity index (χ4n) is 2.25. The molecule has 1 saturated heterocycles. The largest absolute Gasteiger partial charge is 0.383 e. The summed E-state index contributed by atoms with van der Waals surface area (Å²) in [7, 11) is 1.77. The first-order valence-corrected chi connectivity index (χ1v) is 7.14. The van der Waals surface area contributed by atoms with Gasteiger partial charge in [-0.05, 0) is 25.6 Å². The van der Waals surface area contributed by atoms with E-state index in [2.05, 4.69) is 14.9 Å². The second-order valence-corrected chi connectivity index (χ2v) is 5.07. The van der Waals surface area contributed by atoms with E-state index in [0.29, 0.717) is 6.04 Å². The first kappa shape index (κ1) is 12.8. The monoisotopic (exact) mass is 253 g/mol. The van der Waals surface area contributed by atoms with Crippen molar-refractivity contribution in [1.82, 2.24) is 14.9 Å². The third-order valence-electron chi connectivity index (χ3n) is 3.11. The fraction of sp³-hybridized carbons (Fsp3) is 0.667. The van der Waals surface area contributed by atoms with Gasteiger partial charge in [-0.1, -0.05) is 11.8 Å². The minimum absolute atomic E-state index is 0.556. The minimum Gasteiger partial charge on any atom is -0.383 e. The Morgan fingerprint density at radius 3 is 2.88 bits per heavy atom. The van der Waals surface area contributed by atoms with Crippen LogP contribution >= 0.6 is 11.8 Å². The second-order valence-electron chi connectivity index (χ2n) is 4.30. The quantitative estimate of drug-likeness (QED) is 0.591. The molecule has 2 heterocycles. The van der Waals surface area contributed by atoms with Gasteiger partial charge in [0.15, 0.2) is 5.16 Å². The Morgan fingerprint density at radius 2 is 2.24 bits per heavy atom. The molecule has 94 valence electrons. The van der Waals surface area contributed by atoms with E-state index >= 15 is 0 Å².